The molecule has 0 saturated heterocycles. The Balaban J connectivity index is 2.53. The summed E-state index contributed by atoms with van der Waals surface area (Å²) in [6.07, 6.45) is 1.62. The molecule has 0 aliphatic rings. The molecule has 0 unspecified atom stereocenters. The summed E-state index contributed by atoms with van der Waals surface area (Å²) in [6, 6.07) is 7.79. The van der Waals surface area contributed by atoms with Crippen molar-refractivity contribution in [1.29, 1.82) is 0 Å². The van der Waals surface area contributed by atoms with Gasteiger partial charge in [0, 0.05) is 18.6 Å². The summed E-state index contributed by atoms with van der Waals surface area (Å²) in [5.74, 6) is 0.840. The number of aryl methyl sites for hydroxylation is 1. The van der Waals surface area contributed by atoms with E-state index in [1.165, 1.54) is 0 Å². The average Bonchev–Trinajstić information content (AvgIpc) is 2.37. The Morgan fingerprint density at radius 3 is 2.70 bits per heavy atom. The van der Waals surface area contributed by atoms with Crippen molar-refractivity contribution in [3.05, 3.63) is 29.8 Å². The van der Waals surface area contributed by atoms with Gasteiger partial charge in [-0.05, 0) is 45.2 Å². The molecule has 2 N–H and O–H groups in total. The third-order valence-electron chi connectivity index (χ3n) is 3.11. The number of carbonyl (C=O) groups is 1. The molecule has 4 nitrogen and oxygen atoms in total. The van der Waals surface area contributed by atoms with Gasteiger partial charge in [0.25, 0.3) is 0 Å². The molecule has 112 valence electrons. The van der Waals surface area contributed by atoms with Crippen molar-refractivity contribution in [2.45, 2.75) is 45.6 Å². The van der Waals surface area contributed by atoms with Crippen molar-refractivity contribution in [3.8, 4) is 5.75 Å². The average molecular weight is 279 g/mol. The molecule has 0 fully saturated rings. The highest BCUT2D eigenvalue weighted by molar-refractivity contribution is 5.77. The fourth-order valence-electron chi connectivity index (χ4n) is 2.04. The van der Waals surface area contributed by atoms with E-state index < -0.39 is 0 Å². The van der Waals surface area contributed by atoms with E-state index >= 15 is 0 Å². The van der Waals surface area contributed by atoms with Gasteiger partial charge in [0.1, 0.15) is 5.75 Å². The lowest BCUT2D eigenvalue weighted by Gasteiger charge is -2.25. The largest absolute Gasteiger partial charge is 0.494 e. The molecule has 0 saturated carbocycles. The van der Waals surface area contributed by atoms with E-state index in [0.29, 0.717) is 25.9 Å². The molecule has 1 aromatic rings. The Morgan fingerprint density at radius 2 is 2.05 bits per heavy atom. The molecule has 0 aliphatic heterocycles. The Hall–Kier alpha value is -1.55. The number of hydrogen-bond donors (Lipinski definition) is 2. The van der Waals surface area contributed by atoms with E-state index in [4.69, 9.17) is 9.84 Å². The molecule has 0 heterocycles. The molecule has 0 aliphatic carbocycles. The van der Waals surface area contributed by atoms with E-state index in [-0.39, 0.29) is 18.1 Å². The minimum Gasteiger partial charge on any atom is -0.494 e. The van der Waals surface area contributed by atoms with E-state index in [1.807, 2.05) is 45.0 Å². The maximum atomic E-state index is 11.9. The number of ether oxygens (including phenoxy) is 1. The third-order valence-corrected chi connectivity index (χ3v) is 3.11. The van der Waals surface area contributed by atoms with Gasteiger partial charge in [-0.25, -0.2) is 0 Å². The summed E-state index contributed by atoms with van der Waals surface area (Å²) in [5, 5.41) is 11.9. The van der Waals surface area contributed by atoms with Gasteiger partial charge in [-0.15, -0.1) is 0 Å². The van der Waals surface area contributed by atoms with Gasteiger partial charge >= 0.3 is 0 Å². The van der Waals surface area contributed by atoms with Gasteiger partial charge in [-0.2, -0.15) is 0 Å². The number of hydrogen-bond acceptors (Lipinski definition) is 3. The molecule has 0 aromatic heterocycles. The highest BCUT2D eigenvalue weighted by atomic mass is 16.5. The fraction of sp³-hybridized carbons (Fsp3) is 0.562. The van der Waals surface area contributed by atoms with Crippen LogP contribution in [0.4, 0.5) is 0 Å². The van der Waals surface area contributed by atoms with Crippen molar-refractivity contribution >= 4 is 5.91 Å². The second-order valence-electron chi connectivity index (χ2n) is 5.45. The van der Waals surface area contributed by atoms with Crippen molar-refractivity contribution in [2.24, 2.45) is 0 Å². The maximum Gasteiger partial charge on any atom is 0.220 e. The molecular weight excluding hydrogens is 254 g/mol. The third kappa shape index (κ3) is 5.61. The zero-order chi connectivity index (χ0) is 15.0. The number of benzene rings is 1. The Labute approximate surface area is 121 Å². The maximum absolute atomic E-state index is 11.9. The van der Waals surface area contributed by atoms with Crippen LogP contribution in [-0.2, 0) is 11.2 Å². The normalized spacial score (nSPS) is 11.2. The Bertz CT molecular complexity index is 429. The highest BCUT2D eigenvalue weighted by Crippen LogP contribution is 2.19. The molecule has 0 atom stereocenters. The Morgan fingerprint density at radius 1 is 1.35 bits per heavy atom. The molecule has 4 heteroatoms. The van der Waals surface area contributed by atoms with E-state index in [1.54, 1.807) is 0 Å². The number of nitrogens with one attached hydrogen (secondary N) is 1. The minimum atomic E-state index is -0.370. The van der Waals surface area contributed by atoms with Gasteiger partial charge in [-0.1, -0.05) is 18.2 Å². The predicted octanol–water partition coefficient (Wildman–Crippen LogP) is 2.30. The standard InChI is InChI=1S/C16H25NO3/c1-4-20-14-8-6-5-7-13(14)9-10-15(19)17-16(2,3)11-12-18/h5-8,18H,4,9-12H2,1-3H3,(H,17,19). The molecule has 1 rings (SSSR count). The molecule has 1 amide bonds. The molecular formula is C16H25NO3. The van der Waals surface area contributed by atoms with Gasteiger partial charge in [-0.3, -0.25) is 4.79 Å². The first-order chi connectivity index (χ1) is 9.48. The van der Waals surface area contributed by atoms with Gasteiger partial charge in [0.2, 0.25) is 5.91 Å². The number of rotatable bonds is 8. The lowest BCUT2D eigenvalue weighted by molar-refractivity contribution is -0.122. The van der Waals surface area contributed by atoms with Crippen molar-refractivity contribution in [3.63, 3.8) is 0 Å². The SMILES string of the molecule is CCOc1ccccc1CCC(=O)NC(C)(C)CCO. The van der Waals surface area contributed by atoms with Crippen molar-refractivity contribution < 1.29 is 14.6 Å². The highest BCUT2D eigenvalue weighted by Gasteiger charge is 2.19. The number of aliphatic hydroxyl groups excluding tert-OH is 1. The summed E-state index contributed by atoms with van der Waals surface area (Å²) >= 11 is 0. The van der Waals surface area contributed by atoms with Crippen molar-refractivity contribution in [1.82, 2.24) is 5.32 Å². The molecule has 1 aromatic carbocycles. The summed E-state index contributed by atoms with van der Waals surface area (Å²) in [5.41, 5.74) is 0.676. The minimum absolute atomic E-state index is 0.00486. The quantitative estimate of drug-likeness (QED) is 0.767. The van der Waals surface area contributed by atoms with Crippen LogP contribution in [-0.4, -0.2) is 29.8 Å². The predicted molar refractivity (Wildman–Crippen MR) is 79.9 cm³/mol. The molecule has 0 radical (unpaired) electrons. The molecule has 0 bridgehead atoms. The number of para-hydroxylation sites is 1. The van der Waals surface area contributed by atoms with E-state index in [0.717, 1.165) is 11.3 Å². The Kier molecular flexibility index (Phi) is 6.52. The fourth-order valence-corrected chi connectivity index (χ4v) is 2.04. The summed E-state index contributed by atoms with van der Waals surface area (Å²) in [6.45, 7) is 6.46. The smallest absolute Gasteiger partial charge is 0.220 e. The van der Waals surface area contributed by atoms with Gasteiger partial charge < -0.3 is 15.2 Å². The summed E-state index contributed by atoms with van der Waals surface area (Å²) < 4.78 is 5.54. The van der Waals surface area contributed by atoms with Gasteiger partial charge in [0.05, 0.1) is 6.61 Å². The van der Waals surface area contributed by atoms with E-state index in [9.17, 15) is 4.79 Å². The van der Waals surface area contributed by atoms with E-state index in [2.05, 4.69) is 5.32 Å². The van der Waals surface area contributed by atoms with Crippen LogP contribution in [0, 0.1) is 0 Å². The second kappa shape index (κ2) is 7.90. The van der Waals surface area contributed by atoms with Crippen LogP contribution in [0.2, 0.25) is 0 Å². The summed E-state index contributed by atoms with van der Waals surface area (Å²) in [4.78, 5) is 11.9. The lowest BCUT2D eigenvalue weighted by atomic mass is 10.0. The lowest BCUT2D eigenvalue weighted by Crippen LogP contribution is -2.44. The first-order valence-electron chi connectivity index (χ1n) is 7.11. The number of aliphatic hydroxyl groups is 1. The molecule has 0 spiro atoms. The van der Waals surface area contributed by atoms with Crippen LogP contribution in [0.1, 0.15) is 39.2 Å². The first kappa shape index (κ1) is 16.5. The van der Waals surface area contributed by atoms with Crippen LogP contribution >= 0.6 is 0 Å². The van der Waals surface area contributed by atoms with Crippen LogP contribution in [0.25, 0.3) is 0 Å². The molecule has 20 heavy (non-hydrogen) atoms. The topological polar surface area (TPSA) is 58.6 Å². The number of carbonyl (C=O) groups excluding carboxylic acids is 1. The van der Waals surface area contributed by atoms with Crippen LogP contribution < -0.4 is 10.1 Å². The van der Waals surface area contributed by atoms with Crippen LogP contribution in [0.5, 0.6) is 5.75 Å². The van der Waals surface area contributed by atoms with Gasteiger partial charge in [0.15, 0.2) is 0 Å². The van der Waals surface area contributed by atoms with Crippen molar-refractivity contribution in [2.75, 3.05) is 13.2 Å². The monoisotopic (exact) mass is 279 g/mol. The zero-order valence-corrected chi connectivity index (χ0v) is 12.6. The first-order valence-corrected chi connectivity index (χ1v) is 7.11. The van der Waals surface area contributed by atoms with Crippen LogP contribution in [0.15, 0.2) is 24.3 Å². The number of amides is 1. The zero-order valence-electron chi connectivity index (χ0n) is 12.6. The van der Waals surface area contributed by atoms with Crippen LogP contribution in [0.3, 0.4) is 0 Å². The second-order valence-corrected chi connectivity index (χ2v) is 5.45. The summed E-state index contributed by atoms with van der Waals surface area (Å²) in [7, 11) is 0.